The normalized spacial score (nSPS) is 15.6. The van der Waals surface area contributed by atoms with Gasteiger partial charge in [-0.05, 0) is 44.1 Å². The molecular weight excluding hydrogens is 673 g/mol. The standard InChI is InChI=1S/C39H56N8O4Si/c1-7-44(8-2)22-23-50-38-41-35-27-47(36-31(14-15-34-33(36)26-40-43-34)29(3)49-24-25-52(4,5)6)17-16-32(35)37(42-38)45-18-20-46(21-19-45)39(48)51-28-30-12-10-9-11-13-30/h9-15,26,29H,7-8,16-25,27-28H2,1-6H3,(H,40,43)/t29-/m0/s1. The minimum Gasteiger partial charge on any atom is -0.462 e. The van der Waals surface area contributed by atoms with Crippen LogP contribution in [0.3, 0.4) is 0 Å². The van der Waals surface area contributed by atoms with E-state index in [1.807, 2.05) is 36.5 Å². The molecule has 52 heavy (non-hydrogen) atoms. The molecule has 0 unspecified atom stereocenters. The minimum absolute atomic E-state index is 0.0670. The van der Waals surface area contributed by atoms with Crippen molar-refractivity contribution in [3.63, 3.8) is 0 Å². The number of H-pyrrole nitrogens is 1. The molecule has 13 heteroatoms. The Balaban J connectivity index is 1.23. The zero-order valence-corrected chi connectivity index (χ0v) is 32.9. The molecule has 6 rings (SSSR count). The van der Waals surface area contributed by atoms with Crippen LogP contribution in [-0.2, 0) is 29.0 Å². The minimum atomic E-state index is -1.22. The monoisotopic (exact) mass is 728 g/mol. The molecule has 1 fully saturated rings. The highest BCUT2D eigenvalue weighted by Gasteiger charge is 2.31. The summed E-state index contributed by atoms with van der Waals surface area (Å²) in [5.41, 5.74) is 6.40. The maximum Gasteiger partial charge on any atom is 0.410 e. The zero-order chi connectivity index (χ0) is 36.7. The number of aromatic amines is 1. The van der Waals surface area contributed by atoms with Gasteiger partial charge >= 0.3 is 12.1 Å². The van der Waals surface area contributed by atoms with Crippen molar-refractivity contribution in [1.82, 2.24) is 30.0 Å². The molecule has 0 radical (unpaired) electrons. The highest BCUT2D eigenvalue weighted by molar-refractivity contribution is 6.76. The van der Waals surface area contributed by atoms with E-state index in [9.17, 15) is 4.79 Å². The number of carbonyl (C=O) groups excluding carboxylic acids is 1. The molecule has 1 saturated heterocycles. The summed E-state index contributed by atoms with van der Waals surface area (Å²) in [7, 11) is -1.22. The lowest BCUT2D eigenvalue weighted by Gasteiger charge is -2.38. The van der Waals surface area contributed by atoms with Gasteiger partial charge in [0.25, 0.3) is 0 Å². The van der Waals surface area contributed by atoms with Crippen LogP contribution in [0.1, 0.15) is 49.3 Å². The Morgan fingerprint density at radius 2 is 1.73 bits per heavy atom. The van der Waals surface area contributed by atoms with Crippen molar-refractivity contribution in [2.24, 2.45) is 0 Å². The second-order valence-corrected chi connectivity index (χ2v) is 20.6. The summed E-state index contributed by atoms with van der Waals surface area (Å²) in [5, 5.41) is 8.67. The molecule has 4 heterocycles. The SMILES string of the molecule is CCN(CC)CCOc1nc2c(c(N3CCN(C(=O)OCc4ccccc4)CC3)n1)CCN(c1c([C@H](C)OCC[Si](C)(C)C)ccc3[nH]ncc13)C2. The summed E-state index contributed by atoms with van der Waals surface area (Å²) in [6.07, 6.45) is 2.35. The number of piperazine rings is 1. The highest BCUT2D eigenvalue weighted by atomic mass is 28.3. The number of likely N-dealkylation sites (N-methyl/N-ethyl adjacent to an activating group) is 1. The van der Waals surface area contributed by atoms with Gasteiger partial charge in [-0.2, -0.15) is 15.1 Å². The second kappa shape index (κ2) is 17.1. The van der Waals surface area contributed by atoms with Crippen LogP contribution in [0, 0.1) is 0 Å². The fraction of sp³-hybridized carbons (Fsp3) is 0.538. The quantitative estimate of drug-likeness (QED) is 0.136. The van der Waals surface area contributed by atoms with E-state index in [2.05, 4.69) is 77.4 Å². The summed E-state index contributed by atoms with van der Waals surface area (Å²) in [5.74, 6) is 0.907. The molecule has 2 aromatic carbocycles. The molecule has 2 aromatic heterocycles. The predicted molar refractivity (Wildman–Crippen MR) is 209 cm³/mol. The number of ether oxygens (including phenoxy) is 3. The molecule has 0 saturated carbocycles. The molecule has 1 N–H and O–H groups in total. The molecule has 1 amide bonds. The Morgan fingerprint density at radius 1 is 0.962 bits per heavy atom. The van der Waals surface area contributed by atoms with E-state index >= 15 is 0 Å². The zero-order valence-electron chi connectivity index (χ0n) is 31.9. The maximum atomic E-state index is 13.0. The Morgan fingerprint density at radius 3 is 2.46 bits per heavy atom. The maximum absolute atomic E-state index is 13.0. The van der Waals surface area contributed by atoms with E-state index in [1.54, 1.807) is 4.90 Å². The van der Waals surface area contributed by atoms with E-state index in [0.29, 0.717) is 45.3 Å². The number of anilines is 2. The van der Waals surface area contributed by atoms with Gasteiger partial charge < -0.3 is 33.8 Å². The summed E-state index contributed by atoms with van der Waals surface area (Å²) >= 11 is 0. The molecule has 4 aromatic rings. The van der Waals surface area contributed by atoms with E-state index in [4.69, 9.17) is 24.2 Å². The first-order valence-corrected chi connectivity index (χ1v) is 22.6. The lowest BCUT2D eigenvalue weighted by Crippen LogP contribution is -2.49. The van der Waals surface area contributed by atoms with Crippen LogP contribution in [0.2, 0.25) is 25.7 Å². The van der Waals surface area contributed by atoms with E-state index in [0.717, 1.165) is 90.0 Å². The summed E-state index contributed by atoms with van der Waals surface area (Å²) < 4.78 is 18.4. The van der Waals surface area contributed by atoms with Crippen LogP contribution in [0.25, 0.3) is 10.9 Å². The van der Waals surface area contributed by atoms with Gasteiger partial charge in [0.1, 0.15) is 19.0 Å². The molecule has 2 aliphatic rings. The summed E-state index contributed by atoms with van der Waals surface area (Å²) in [6.45, 7) is 21.7. The number of hydrogen-bond donors (Lipinski definition) is 1. The molecule has 0 aliphatic carbocycles. The van der Waals surface area contributed by atoms with Gasteiger partial charge in [-0.25, -0.2) is 4.79 Å². The lowest BCUT2D eigenvalue weighted by molar-refractivity contribution is 0.0761. The predicted octanol–water partition coefficient (Wildman–Crippen LogP) is 6.51. The average Bonchev–Trinajstić information content (AvgIpc) is 3.64. The molecule has 0 spiro atoms. The van der Waals surface area contributed by atoms with Gasteiger partial charge in [-0.15, -0.1) is 0 Å². The lowest BCUT2D eigenvalue weighted by atomic mass is 9.99. The van der Waals surface area contributed by atoms with Crippen molar-refractivity contribution in [3.05, 3.63) is 71.0 Å². The number of nitrogens with zero attached hydrogens (tertiary/aromatic N) is 7. The van der Waals surface area contributed by atoms with Crippen LogP contribution in [0.5, 0.6) is 6.01 Å². The highest BCUT2D eigenvalue weighted by Crippen LogP contribution is 2.39. The Hall–Kier alpha value is -4.20. The van der Waals surface area contributed by atoms with Gasteiger partial charge in [-0.3, -0.25) is 5.10 Å². The smallest absolute Gasteiger partial charge is 0.410 e. The number of fused-ring (bicyclic) bond motifs is 2. The van der Waals surface area contributed by atoms with Crippen molar-refractivity contribution in [3.8, 4) is 6.01 Å². The van der Waals surface area contributed by atoms with Crippen LogP contribution < -0.4 is 14.5 Å². The Bertz CT molecular complexity index is 1770. The summed E-state index contributed by atoms with van der Waals surface area (Å²) in [6, 6.07) is 15.6. The van der Waals surface area contributed by atoms with Crippen molar-refractivity contribution < 1.29 is 19.0 Å². The molecule has 2 aliphatic heterocycles. The van der Waals surface area contributed by atoms with Gasteiger partial charge in [0.15, 0.2) is 0 Å². The number of carbonyl (C=O) groups is 1. The second-order valence-electron chi connectivity index (χ2n) is 15.0. The van der Waals surface area contributed by atoms with Gasteiger partial charge in [0, 0.05) is 70.5 Å². The fourth-order valence-corrected chi connectivity index (χ4v) is 7.69. The van der Waals surface area contributed by atoms with Crippen LogP contribution in [-0.4, -0.2) is 110 Å². The number of nitrogens with one attached hydrogen (secondary N) is 1. The third kappa shape index (κ3) is 9.23. The van der Waals surface area contributed by atoms with E-state index < -0.39 is 8.07 Å². The van der Waals surface area contributed by atoms with Crippen molar-refractivity contribution >= 4 is 36.6 Å². The first-order valence-electron chi connectivity index (χ1n) is 18.9. The van der Waals surface area contributed by atoms with Gasteiger partial charge in [0.05, 0.1) is 35.7 Å². The third-order valence-electron chi connectivity index (χ3n) is 10.2. The topological polar surface area (TPSA) is 112 Å². The van der Waals surface area contributed by atoms with Gasteiger partial charge in [-0.1, -0.05) is 69.9 Å². The van der Waals surface area contributed by atoms with Gasteiger partial charge in [0.2, 0.25) is 0 Å². The molecule has 12 nitrogen and oxygen atoms in total. The Labute approximate surface area is 309 Å². The number of aromatic nitrogens is 4. The largest absolute Gasteiger partial charge is 0.462 e. The van der Waals surface area contributed by atoms with Crippen LogP contribution in [0.15, 0.2) is 48.7 Å². The summed E-state index contributed by atoms with van der Waals surface area (Å²) in [4.78, 5) is 31.9. The van der Waals surface area contributed by atoms with Crippen LogP contribution in [0.4, 0.5) is 16.3 Å². The molecule has 1 atom stereocenters. The third-order valence-corrected chi connectivity index (χ3v) is 11.9. The number of benzene rings is 2. The average molecular weight is 729 g/mol. The number of hydrogen-bond acceptors (Lipinski definition) is 10. The fourth-order valence-electron chi connectivity index (χ4n) is 6.95. The first-order chi connectivity index (χ1) is 25.1. The van der Waals surface area contributed by atoms with E-state index in [1.165, 1.54) is 0 Å². The Kier molecular flexibility index (Phi) is 12.3. The molecular formula is C39H56N8O4Si. The number of rotatable bonds is 15. The molecule has 280 valence electrons. The molecule has 0 bridgehead atoms. The number of amides is 1. The van der Waals surface area contributed by atoms with Crippen molar-refractivity contribution in [1.29, 1.82) is 0 Å². The van der Waals surface area contributed by atoms with Crippen LogP contribution >= 0.6 is 0 Å². The van der Waals surface area contributed by atoms with E-state index in [-0.39, 0.29) is 18.8 Å². The first kappa shape index (κ1) is 37.6. The van der Waals surface area contributed by atoms with Crippen molar-refractivity contribution in [2.45, 2.75) is 72.1 Å². The van der Waals surface area contributed by atoms with Crippen molar-refractivity contribution in [2.75, 3.05) is 75.4 Å².